The molecule has 0 fully saturated rings. The van der Waals surface area contributed by atoms with E-state index in [2.05, 4.69) is 59.9 Å². The van der Waals surface area contributed by atoms with Crippen molar-refractivity contribution in [1.82, 2.24) is 0 Å². The third-order valence-corrected chi connectivity index (χ3v) is 4.43. The molecule has 1 heterocycles. The first-order valence-electron chi connectivity index (χ1n) is 6.98. The van der Waals surface area contributed by atoms with Crippen LogP contribution in [0.2, 0.25) is 0 Å². The largest absolute Gasteiger partial charge is 0.390 e. The van der Waals surface area contributed by atoms with Crippen LogP contribution in [-0.2, 0) is 4.84 Å². The van der Waals surface area contributed by atoms with Gasteiger partial charge in [-0.2, -0.15) is 0 Å². The molecule has 2 aromatic rings. The summed E-state index contributed by atoms with van der Waals surface area (Å²) in [7, 11) is 0. The van der Waals surface area contributed by atoms with E-state index in [9.17, 15) is 0 Å². The molecule has 4 heteroatoms. The highest BCUT2D eigenvalue weighted by Gasteiger charge is 2.20. The summed E-state index contributed by atoms with van der Waals surface area (Å²) in [4.78, 5) is 6.57. The summed E-state index contributed by atoms with van der Waals surface area (Å²) in [6.45, 7) is 0.506. The second-order valence-corrected chi connectivity index (χ2v) is 5.83. The molecule has 0 amide bonds. The number of hydrogen-bond acceptors (Lipinski definition) is 4. The molecular weight excluding hydrogens is 280 g/mol. The van der Waals surface area contributed by atoms with E-state index in [1.54, 1.807) is 11.8 Å². The van der Waals surface area contributed by atoms with E-state index in [0.29, 0.717) is 6.54 Å². The van der Waals surface area contributed by atoms with Gasteiger partial charge < -0.3 is 10.6 Å². The number of rotatable bonds is 4. The Labute approximate surface area is 129 Å². The van der Waals surface area contributed by atoms with Gasteiger partial charge in [-0.25, -0.2) is 0 Å². The van der Waals surface area contributed by atoms with Crippen LogP contribution in [0.15, 0.2) is 58.6 Å². The van der Waals surface area contributed by atoms with Crippen LogP contribution in [0.3, 0.4) is 0 Å². The molecule has 0 saturated heterocycles. The average molecular weight is 298 g/mol. The van der Waals surface area contributed by atoms with E-state index >= 15 is 0 Å². The number of hydrogen-bond donors (Lipinski definition) is 1. The van der Waals surface area contributed by atoms with Crippen LogP contribution in [0, 0.1) is 0 Å². The third kappa shape index (κ3) is 2.96. The highest BCUT2D eigenvalue weighted by atomic mass is 32.2. The first-order chi connectivity index (χ1) is 10.3. The first-order valence-corrected chi connectivity index (χ1v) is 8.21. The second kappa shape index (κ2) is 6.33. The lowest BCUT2D eigenvalue weighted by molar-refractivity contribution is 0.0918. The van der Waals surface area contributed by atoms with E-state index in [-0.39, 0.29) is 6.10 Å². The third-order valence-electron chi connectivity index (χ3n) is 3.63. The van der Waals surface area contributed by atoms with Gasteiger partial charge in [0.15, 0.2) is 0 Å². The molecular formula is C17H18N2OS. The van der Waals surface area contributed by atoms with Crippen LogP contribution in [0.25, 0.3) is 11.1 Å². The Morgan fingerprint density at radius 3 is 2.52 bits per heavy atom. The highest BCUT2D eigenvalue weighted by Crippen LogP contribution is 2.30. The van der Waals surface area contributed by atoms with Gasteiger partial charge in [-0.3, -0.25) is 0 Å². The van der Waals surface area contributed by atoms with Crippen LogP contribution in [-0.4, -0.2) is 24.6 Å². The van der Waals surface area contributed by atoms with E-state index in [4.69, 9.17) is 10.6 Å². The minimum absolute atomic E-state index is 0.0249. The monoisotopic (exact) mass is 298 g/mol. The molecule has 3 nitrogen and oxygen atoms in total. The number of nitrogens with two attached hydrogens (primary N) is 1. The molecule has 1 aliphatic rings. The second-order valence-electron chi connectivity index (χ2n) is 4.98. The van der Waals surface area contributed by atoms with Crippen molar-refractivity contribution in [2.45, 2.75) is 17.4 Å². The summed E-state index contributed by atoms with van der Waals surface area (Å²) < 4.78 is 0. The van der Waals surface area contributed by atoms with Gasteiger partial charge in [-0.1, -0.05) is 47.6 Å². The van der Waals surface area contributed by atoms with Gasteiger partial charge in [0.1, 0.15) is 6.10 Å². The highest BCUT2D eigenvalue weighted by molar-refractivity contribution is 7.98. The van der Waals surface area contributed by atoms with Gasteiger partial charge in [0.05, 0.1) is 5.71 Å². The Hall–Kier alpha value is -1.78. The summed E-state index contributed by atoms with van der Waals surface area (Å²) in [6, 6.07) is 16.9. The van der Waals surface area contributed by atoms with Gasteiger partial charge in [0.2, 0.25) is 0 Å². The maximum absolute atomic E-state index is 5.61. The molecule has 1 unspecified atom stereocenters. The van der Waals surface area contributed by atoms with E-state index < -0.39 is 0 Å². The summed E-state index contributed by atoms with van der Waals surface area (Å²) in [5, 5.41) is 4.13. The molecule has 3 rings (SSSR count). The fraction of sp³-hybridized carbons (Fsp3) is 0.235. The lowest BCUT2D eigenvalue weighted by Gasteiger charge is -2.08. The van der Waals surface area contributed by atoms with Crippen molar-refractivity contribution in [3.05, 3.63) is 54.1 Å². The van der Waals surface area contributed by atoms with Gasteiger partial charge >= 0.3 is 0 Å². The van der Waals surface area contributed by atoms with Crippen molar-refractivity contribution in [2.75, 3.05) is 12.8 Å². The zero-order valence-corrected chi connectivity index (χ0v) is 12.8. The first kappa shape index (κ1) is 14.2. The zero-order chi connectivity index (χ0) is 14.7. The summed E-state index contributed by atoms with van der Waals surface area (Å²) in [5.74, 6) is 0. The van der Waals surface area contributed by atoms with Crippen molar-refractivity contribution in [1.29, 1.82) is 0 Å². The molecule has 108 valence electrons. The normalized spacial score (nSPS) is 17.4. The lowest BCUT2D eigenvalue weighted by Crippen LogP contribution is -2.20. The minimum atomic E-state index is 0.0249. The van der Waals surface area contributed by atoms with Gasteiger partial charge in [-0.05, 0) is 29.0 Å². The lowest BCUT2D eigenvalue weighted by atomic mass is 10.00. The van der Waals surface area contributed by atoms with Crippen molar-refractivity contribution < 1.29 is 4.84 Å². The molecule has 1 atom stereocenters. The van der Waals surface area contributed by atoms with Crippen molar-refractivity contribution in [2.24, 2.45) is 10.9 Å². The van der Waals surface area contributed by atoms with Crippen molar-refractivity contribution in [3.63, 3.8) is 0 Å². The molecule has 0 aliphatic carbocycles. The predicted octanol–water partition coefficient (Wildman–Crippen LogP) is 3.53. The zero-order valence-electron chi connectivity index (χ0n) is 12.0. The van der Waals surface area contributed by atoms with Crippen molar-refractivity contribution >= 4 is 17.5 Å². The summed E-state index contributed by atoms with van der Waals surface area (Å²) in [5.41, 5.74) is 10.2. The van der Waals surface area contributed by atoms with Crippen molar-refractivity contribution in [3.8, 4) is 11.1 Å². The quantitative estimate of drug-likeness (QED) is 0.878. The van der Waals surface area contributed by atoms with Crippen LogP contribution in [0.4, 0.5) is 0 Å². The van der Waals surface area contributed by atoms with Gasteiger partial charge in [0, 0.05) is 17.9 Å². The standard InChI is InChI=1S/C17H18N2OS/c1-21-17-5-3-2-4-15(17)12-6-8-13(9-7-12)16-10-14(11-18)20-19-16/h2-9,14H,10-11,18H2,1H3. The van der Waals surface area contributed by atoms with Crippen LogP contribution in [0.1, 0.15) is 12.0 Å². The Morgan fingerprint density at radius 2 is 1.86 bits per heavy atom. The number of nitrogens with zero attached hydrogens (tertiary/aromatic N) is 1. The van der Waals surface area contributed by atoms with Crippen LogP contribution in [0.5, 0.6) is 0 Å². The molecule has 2 aromatic carbocycles. The van der Waals surface area contributed by atoms with Crippen LogP contribution >= 0.6 is 11.8 Å². The molecule has 0 bridgehead atoms. The average Bonchev–Trinajstić information content (AvgIpc) is 3.04. The molecule has 1 aliphatic heterocycles. The maximum atomic E-state index is 5.61. The number of oxime groups is 1. The SMILES string of the molecule is CSc1ccccc1-c1ccc(C2=NOC(CN)C2)cc1. The fourth-order valence-corrected chi connectivity index (χ4v) is 3.07. The number of benzene rings is 2. The minimum Gasteiger partial charge on any atom is -0.390 e. The summed E-state index contributed by atoms with van der Waals surface area (Å²) >= 11 is 1.77. The van der Waals surface area contributed by atoms with E-state index in [0.717, 1.165) is 17.7 Å². The fourth-order valence-electron chi connectivity index (χ4n) is 2.45. The molecule has 0 radical (unpaired) electrons. The predicted molar refractivity (Wildman–Crippen MR) is 88.7 cm³/mol. The Bertz CT molecular complexity index is 652. The Balaban J connectivity index is 1.85. The van der Waals surface area contributed by atoms with Gasteiger partial charge in [-0.15, -0.1) is 11.8 Å². The van der Waals surface area contributed by atoms with E-state index in [1.807, 2.05) is 0 Å². The molecule has 0 spiro atoms. The Morgan fingerprint density at radius 1 is 1.14 bits per heavy atom. The molecule has 0 saturated carbocycles. The molecule has 21 heavy (non-hydrogen) atoms. The van der Waals surface area contributed by atoms with E-state index in [1.165, 1.54) is 16.0 Å². The maximum Gasteiger partial charge on any atom is 0.145 e. The number of thioether (sulfide) groups is 1. The molecule has 0 aromatic heterocycles. The molecule has 2 N–H and O–H groups in total. The smallest absolute Gasteiger partial charge is 0.145 e. The van der Waals surface area contributed by atoms with Gasteiger partial charge in [0.25, 0.3) is 0 Å². The topological polar surface area (TPSA) is 47.6 Å². The Kier molecular flexibility index (Phi) is 4.27. The van der Waals surface area contributed by atoms with Crippen LogP contribution < -0.4 is 5.73 Å². The summed E-state index contributed by atoms with van der Waals surface area (Å²) in [6.07, 6.45) is 2.92.